The summed E-state index contributed by atoms with van der Waals surface area (Å²) in [6.45, 7) is 4.60. The van der Waals surface area contributed by atoms with E-state index in [1.165, 1.54) is 35.3 Å². The number of esters is 2. The molecule has 0 saturated heterocycles. The summed E-state index contributed by atoms with van der Waals surface area (Å²) in [5.41, 5.74) is 9.25. The quantitative estimate of drug-likeness (QED) is 0.0743. The van der Waals surface area contributed by atoms with Gasteiger partial charge in [-0.15, -0.1) is 0 Å². The highest BCUT2D eigenvalue weighted by Gasteiger charge is 2.13. The van der Waals surface area contributed by atoms with Crippen molar-refractivity contribution in [1.82, 2.24) is 30.1 Å². The average molecular weight is 646 g/mol. The third-order valence-corrected chi connectivity index (χ3v) is 6.72. The Hall–Kier alpha value is -5.77. The van der Waals surface area contributed by atoms with Gasteiger partial charge in [0.2, 0.25) is 5.95 Å². The van der Waals surface area contributed by atoms with Crippen molar-refractivity contribution < 1.29 is 19.1 Å². The number of carbonyl (C=O) groups excluding carboxylic acids is 2. The van der Waals surface area contributed by atoms with Crippen LogP contribution in [0.15, 0.2) is 74.7 Å². The summed E-state index contributed by atoms with van der Waals surface area (Å²) < 4.78 is 9.45. The summed E-state index contributed by atoms with van der Waals surface area (Å²) in [5.74, 6) is -1.10. The first-order chi connectivity index (χ1) is 22.2. The number of nitrogens with two attached hydrogens (primary N) is 1. The van der Waals surface area contributed by atoms with Crippen LogP contribution in [0.4, 0.5) is 17.3 Å². The van der Waals surface area contributed by atoms with Gasteiger partial charge in [0.1, 0.15) is 11.1 Å². The lowest BCUT2D eigenvalue weighted by molar-refractivity contribution is 0.0514. The van der Waals surface area contributed by atoms with Gasteiger partial charge >= 0.3 is 11.9 Å². The van der Waals surface area contributed by atoms with E-state index in [9.17, 15) is 19.2 Å². The van der Waals surface area contributed by atoms with Gasteiger partial charge in [0, 0.05) is 29.2 Å². The molecule has 0 atom stereocenters. The standard InChI is InChI=1S/C14H13N5O3.C8H10N2O3S.C8H8N2/c1-2-22-13(21)10-7-15-14(18-12(10)20)17-9-3-4-11-8(5-9)6-16-19-11;1-3-13-7(12)5-4-9-8(14-2)10-6(5)11;9-8-2-1-6-4-10-5-7(6)3-8/h3-7H,2H2,1H3,(H,16,19)(H2,15,17,18,20);4H,3H2,1-2H3,(H,9,10,11);1-3,5H,4,9H2. The number of aliphatic imine (C=N–C) groups is 1. The fraction of sp³-hybridized carbons (Fsp3) is 0.200. The van der Waals surface area contributed by atoms with E-state index in [2.05, 4.69) is 45.2 Å². The Bertz CT molecular complexity index is 1990. The highest BCUT2D eigenvalue weighted by molar-refractivity contribution is 7.98. The molecule has 15 nitrogen and oxygen atoms in total. The van der Waals surface area contributed by atoms with E-state index < -0.39 is 23.1 Å². The number of fused-ring (bicyclic) bond motifs is 2. The number of nitrogens with one attached hydrogen (secondary N) is 4. The second-order valence-corrected chi connectivity index (χ2v) is 10.1. The van der Waals surface area contributed by atoms with Gasteiger partial charge in [-0.2, -0.15) is 5.10 Å². The number of rotatable bonds is 7. The van der Waals surface area contributed by atoms with Crippen LogP contribution in [-0.4, -0.2) is 67.8 Å². The van der Waals surface area contributed by atoms with E-state index in [0.29, 0.717) is 5.16 Å². The zero-order valence-corrected chi connectivity index (χ0v) is 25.9. The van der Waals surface area contributed by atoms with Crippen molar-refractivity contribution in [3.05, 3.63) is 98.0 Å². The second kappa shape index (κ2) is 15.8. The van der Waals surface area contributed by atoms with Gasteiger partial charge in [0.25, 0.3) is 11.1 Å². The number of ether oxygens (including phenoxy) is 2. The lowest BCUT2D eigenvalue weighted by Crippen LogP contribution is -2.21. The second-order valence-electron chi connectivity index (χ2n) is 9.28. The number of nitrogen functional groups attached to an aromatic ring is 1. The van der Waals surface area contributed by atoms with Gasteiger partial charge in [-0.3, -0.25) is 24.7 Å². The lowest BCUT2D eigenvalue weighted by atomic mass is 10.1. The van der Waals surface area contributed by atoms with Crippen LogP contribution in [0.5, 0.6) is 0 Å². The number of benzene rings is 2. The molecule has 1 aliphatic heterocycles. The van der Waals surface area contributed by atoms with Crippen LogP contribution >= 0.6 is 11.8 Å². The zero-order chi connectivity index (χ0) is 33.1. The maximum absolute atomic E-state index is 11.9. The third-order valence-electron chi connectivity index (χ3n) is 6.12. The van der Waals surface area contributed by atoms with Crippen LogP contribution < -0.4 is 22.2 Å². The predicted octanol–water partition coefficient (Wildman–Crippen LogP) is 3.44. The number of hydrogen-bond acceptors (Lipinski definition) is 13. The van der Waals surface area contributed by atoms with Crippen LogP contribution in [0.25, 0.3) is 10.9 Å². The first kappa shape index (κ1) is 33.1. The minimum Gasteiger partial charge on any atom is -0.462 e. The van der Waals surface area contributed by atoms with Crippen LogP contribution in [0.3, 0.4) is 0 Å². The van der Waals surface area contributed by atoms with Crippen molar-refractivity contribution in [2.24, 2.45) is 4.99 Å². The summed E-state index contributed by atoms with van der Waals surface area (Å²) >= 11 is 1.30. The van der Waals surface area contributed by atoms with Crippen LogP contribution in [0.2, 0.25) is 0 Å². The van der Waals surface area contributed by atoms with Crippen molar-refractivity contribution in [3.8, 4) is 0 Å². The number of anilines is 3. The number of carbonyl (C=O) groups is 2. The van der Waals surface area contributed by atoms with Gasteiger partial charge in [0.05, 0.1) is 37.7 Å². The molecular weight excluding hydrogens is 614 g/mol. The number of aromatic nitrogens is 6. The zero-order valence-electron chi connectivity index (χ0n) is 25.1. The Morgan fingerprint density at radius 1 is 0.935 bits per heavy atom. The average Bonchev–Trinajstić information content (AvgIpc) is 3.71. The Kier molecular flexibility index (Phi) is 11.4. The number of thioether (sulfide) groups is 1. The number of hydrogen-bond donors (Lipinski definition) is 5. The molecule has 238 valence electrons. The molecule has 16 heteroatoms. The number of aromatic amines is 3. The Morgan fingerprint density at radius 2 is 1.63 bits per heavy atom. The molecule has 3 aromatic heterocycles. The Labute approximate surface area is 266 Å². The summed E-state index contributed by atoms with van der Waals surface area (Å²) in [4.78, 5) is 62.8. The molecule has 0 saturated carbocycles. The molecule has 6 N–H and O–H groups in total. The normalized spacial score (nSPS) is 11.0. The maximum atomic E-state index is 11.9. The molecule has 2 aromatic carbocycles. The SMILES string of the molecule is CCOC(=O)c1cnc(Nc2ccc3[nH]ncc3c2)[nH]c1=O.CCOC(=O)c1cnc(SC)[nH]c1=O.Nc1ccc2c(c1)C=NC2. The van der Waals surface area contributed by atoms with Gasteiger partial charge in [0.15, 0.2) is 5.16 Å². The predicted molar refractivity (Wildman–Crippen MR) is 175 cm³/mol. The summed E-state index contributed by atoms with van der Waals surface area (Å²) in [6, 6.07) is 11.4. The molecule has 6 rings (SSSR count). The molecular formula is C30H31N9O6S. The first-order valence-corrected chi connectivity index (χ1v) is 15.1. The monoisotopic (exact) mass is 645 g/mol. The van der Waals surface area contributed by atoms with Gasteiger partial charge < -0.3 is 25.5 Å². The Balaban J connectivity index is 0.000000171. The fourth-order valence-electron chi connectivity index (χ4n) is 3.93. The minimum atomic E-state index is -0.692. The van der Waals surface area contributed by atoms with Crippen molar-refractivity contribution in [2.45, 2.75) is 25.5 Å². The molecule has 5 aromatic rings. The third kappa shape index (κ3) is 8.66. The molecule has 0 radical (unpaired) electrons. The van der Waals surface area contributed by atoms with Gasteiger partial charge in [-0.1, -0.05) is 17.8 Å². The molecule has 4 heterocycles. The molecule has 0 unspecified atom stereocenters. The van der Waals surface area contributed by atoms with Crippen LogP contribution in [0, 0.1) is 0 Å². The molecule has 1 aliphatic rings. The van der Waals surface area contributed by atoms with Crippen molar-refractivity contribution >= 4 is 58.1 Å². The summed E-state index contributed by atoms with van der Waals surface area (Å²) in [6.07, 6.45) is 7.76. The van der Waals surface area contributed by atoms with Crippen LogP contribution in [-0.2, 0) is 16.0 Å². The van der Waals surface area contributed by atoms with E-state index in [1.807, 2.05) is 42.6 Å². The molecule has 0 spiro atoms. The Morgan fingerprint density at radius 3 is 2.28 bits per heavy atom. The van der Waals surface area contributed by atoms with E-state index in [4.69, 9.17) is 10.5 Å². The molecule has 0 aliphatic carbocycles. The van der Waals surface area contributed by atoms with Gasteiger partial charge in [-0.25, -0.2) is 19.6 Å². The fourth-order valence-corrected chi connectivity index (χ4v) is 4.28. The number of nitrogens with zero attached hydrogens (tertiary/aromatic N) is 4. The molecule has 0 amide bonds. The highest BCUT2D eigenvalue weighted by atomic mass is 32.2. The van der Waals surface area contributed by atoms with Crippen LogP contribution in [0.1, 0.15) is 45.7 Å². The number of H-pyrrole nitrogens is 3. The van der Waals surface area contributed by atoms with Gasteiger partial charge in [-0.05, 0) is 61.6 Å². The topological polar surface area (TPSA) is 223 Å². The maximum Gasteiger partial charge on any atom is 0.345 e. The highest BCUT2D eigenvalue weighted by Crippen LogP contribution is 2.19. The van der Waals surface area contributed by atoms with E-state index in [-0.39, 0.29) is 30.3 Å². The largest absolute Gasteiger partial charge is 0.462 e. The van der Waals surface area contributed by atoms with E-state index in [0.717, 1.165) is 28.8 Å². The summed E-state index contributed by atoms with van der Waals surface area (Å²) in [5, 5.41) is 11.1. The smallest absolute Gasteiger partial charge is 0.345 e. The molecule has 0 bridgehead atoms. The minimum absolute atomic E-state index is 0.0651. The van der Waals surface area contributed by atoms with Crippen molar-refractivity contribution in [1.29, 1.82) is 0 Å². The first-order valence-electron chi connectivity index (χ1n) is 13.9. The van der Waals surface area contributed by atoms with Crippen molar-refractivity contribution in [2.75, 3.05) is 30.5 Å². The molecule has 0 fully saturated rings. The summed E-state index contributed by atoms with van der Waals surface area (Å²) in [7, 11) is 0. The van der Waals surface area contributed by atoms with E-state index >= 15 is 0 Å². The lowest BCUT2D eigenvalue weighted by Gasteiger charge is -2.06. The van der Waals surface area contributed by atoms with Crippen molar-refractivity contribution in [3.63, 3.8) is 0 Å². The molecule has 46 heavy (non-hydrogen) atoms. The van der Waals surface area contributed by atoms with E-state index in [1.54, 1.807) is 26.3 Å².